The molecule has 1 aromatic rings. The minimum Gasteiger partial charge on any atom is -0.496 e. The highest BCUT2D eigenvalue weighted by Crippen LogP contribution is 2.22. The fraction of sp³-hybridized carbons (Fsp3) is 0.308. The van der Waals surface area contributed by atoms with E-state index in [9.17, 15) is 14.4 Å². The van der Waals surface area contributed by atoms with Crippen molar-refractivity contribution in [3.63, 3.8) is 0 Å². The van der Waals surface area contributed by atoms with Gasteiger partial charge in [0.25, 0.3) is 5.91 Å². The molecule has 0 aliphatic carbocycles. The van der Waals surface area contributed by atoms with Crippen molar-refractivity contribution in [3.8, 4) is 5.75 Å². The van der Waals surface area contributed by atoms with E-state index in [-0.39, 0.29) is 11.3 Å². The zero-order valence-electron chi connectivity index (χ0n) is 11.9. The standard InChI is InChI=1S/C13H17N3O5/c1-7(11(17)16-13(19)15-2)21-12(18)9-5-4-8(14)6-10(9)20-3/h4-7H,14H2,1-3H3,(H2,15,16,17,19). The Hall–Kier alpha value is -2.77. The van der Waals surface area contributed by atoms with Crippen molar-refractivity contribution in [2.24, 2.45) is 0 Å². The van der Waals surface area contributed by atoms with Gasteiger partial charge in [0.2, 0.25) is 0 Å². The lowest BCUT2D eigenvalue weighted by molar-refractivity contribution is -0.127. The number of urea groups is 1. The minimum atomic E-state index is -1.14. The van der Waals surface area contributed by atoms with Crippen LogP contribution in [0.25, 0.3) is 0 Å². The Morgan fingerprint density at radius 2 is 1.95 bits per heavy atom. The van der Waals surface area contributed by atoms with E-state index in [4.69, 9.17) is 15.2 Å². The van der Waals surface area contributed by atoms with Gasteiger partial charge >= 0.3 is 12.0 Å². The molecular formula is C13H17N3O5. The molecule has 0 heterocycles. The van der Waals surface area contributed by atoms with E-state index in [1.54, 1.807) is 0 Å². The summed E-state index contributed by atoms with van der Waals surface area (Å²) in [5.41, 5.74) is 6.14. The van der Waals surface area contributed by atoms with Crippen LogP contribution in [0, 0.1) is 0 Å². The van der Waals surface area contributed by atoms with Gasteiger partial charge in [-0.05, 0) is 19.1 Å². The summed E-state index contributed by atoms with van der Waals surface area (Å²) in [6, 6.07) is 3.72. The molecule has 0 spiro atoms. The van der Waals surface area contributed by atoms with E-state index in [0.29, 0.717) is 5.69 Å². The third kappa shape index (κ3) is 4.37. The molecule has 0 aliphatic rings. The maximum Gasteiger partial charge on any atom is 0.342 e. The second-order valence-corrected chi connectivity index (χ2v) is 4.08. The molecule has 8 heteroatoms. The molecule has 0 radical (unpaired) electrons. The fourth-order valence-corrected chi connectivity index (χ4v) is 1.43. The maximum absolute atomic E-state index is 12.0. The summed E-state index contributed by atoms with van der Waals surface area (Å²) in [5, 5.41) is 4.22. The van der Waals surface area contributed by atoms with Crippen LogP contribution >= 0.6 is 0 Å². The first kappa shape index (κ1) is 16.3. The number of methoxy groups -OCH3 is 1. The summed E-state index contributed by atoms with van der Waals surface area (Å²) >= 11 is 0. The molecule has 1 atom stereocenters. The molecule has 8 nitrogen and oxygen atoms in total. The Morgan fingerprint density at radius 1 is 1.29 bits per heavy atom. The topological polar surface area (TPSA) is 120 Å². The number of nitrogen functional groups attached to an aromatic ring is 1. The molecule has 1 aromatic carbocycles. The Balaban J connectivity index is 2.77. The van der Waals surface area contributed by atoms with Crippen LogP contribution in [-0.2, 0) is 9.53 Å². The highest BCUT2D eigenvalue weighted by Gasteiger charge is 2.22. The quantitative estimate of drug-likeness (QED) is 0.542. The largest absolute Gasteiger partial charge is 0.496 e. The van der Waals surface area contributed by atoms with Crippen molar-refractivity contribution in [2.75, 3.05) is 19.9 Å². The van der Waals surface area contributed by atoms with Crippen LogP contribution in [0.15, 0.2) is 18.2 Å². The highest BCUT2D eigenvalue weighted by molar-refractivity contribution is 5.99. The van der Waals surface area contributed by atoms with Crippen LogP contribution in [0.3, 0.4) is 0 Å². The number of rotatable bonds is 4. The van der Waals surface area contributed by atoms with Crippen molar-refractivity contribution in [2.45, 2.75) is 13.0 Å². The van der Waals surface area contributed by atoms with Gasteiger partial charge in [0.15, 0.2) is 6.10 Å². The number of hydrogen-bond acceptors (Lipinski definition) is 6. The van der Waals surface area contributed by atoms with Crippen LogP contribution in [0.2, 0.25) is 0 Å². The Kier molecular flexibility index (Phi) is 5.53. The number of carbonyl (C=O) groups excluding carboxylic acids is 3. The van der Waals surface area contributed by atoms with Gasteiger partial charge in [0, 0.05) is 18.8 Å². The average Bonchev–Trinajstić information content (AvgIpc) is 2.46. The number of nitrogens with two attached hydrogens (primary N) is 1. The smallest absolute Gasteiger partial charge is 0.342 e. The normalized spacial score (nSPS) is 11.2. The van der Waals surface area contributed by atoms with E-state index in [0.717, 1.165) is 0 Å². The molecule has 0 bridgehead atoms. The number of nitrogens with one attached hydrogen (secondary N) is 2. The number of anilines is 1. The zero-order valence-corrected chi connectivity index (χ0v) is 11.9. The molecule has 0 aromatic heterocycles. The first-order valence-electron chi connectivity index (χ1n) is 6.06. The summed E-state index contributed by atoms with van der Waals surface area (Å²) in [6.07, 6.45) is -1.14. The van der Waals surface area contributed by atoms with Crippen LogP contribution in [0.4, 0.5) is 10.5 Å². The molecule has 114 valence electrons. The summed E-state index contributed by atoms with van der Waals surface area (Å²) in [7, 11) is 2.74. The van der Waals surface area contributed by atoms with Crippen LogP contribution in [0.1, 0.15) is 17.3 Å². The number of hydrogen-bond donors (Lipinski definition) is 3. The Labute approximate surface area is 121 Å². The van der Waals surface area contributed by atoms with E-state index >= 15 is 0 Å². The van der Waals surface area contributed by atoms with Gasteiger partial charge in [-0.3, -0.25) is 10.1 Å². The van der Waals surface area contributed by atoms with Gasteiger partial charge in [-0.15, -0.1) is 0 Å². The number of carbonyl (C=O) groups is 3. The zero-order chi connectivity index (χ0) is 16.0. The minimum absolute atomic E-state index is 0.131. The third-order valence-corrected chi connectivity index (χ3v) is 2.56. The molecular weight excluding hydrogens is 278 g/mol. The van der Waals surface area contributed by atoms with Gasteiger partial charge in [-0.1, -0.05) is 0 Å². The molecule has 0 saturated carbocycles. The van der Waals surface area contributed by atoms with Gasteiger partial charge in [0.05, 0.1) is 7.11 Å². The first-order chi connectivity index (χ1) is 9.88. The monoisotopic (exact) mass is 295 g/mol. The van der Waals surface area contributed by atoms with E-state index in [1.165, 1.54) is 39.3 Å². The fourth-order valence-electron chi connectivity index (χ4n) is 1.43. The molecule has 1 unspecified atom stereocenters. The average molecular weight is 295 g/mol. The van der Waals surface area contributed by atoms with E-state index < -0.39 is 24.0 Å². The predicted molar refractivity (Wildman–Crippen MR) is 74.9 cm³/mol. The lowest BCUT2D eigenvalue weighted by Crippen LogP contribution is -2.43. The summed E-state index contributed by atoms with van der Waals surface area (Å²) in [6.45, 7) is 1.35. The molecule has 4 N–H and O–H groups in total. The molecule has 21 heavy (non-hydrogen) atoms. The lowest BCUT2D eigenvalue weighted by Gasteiger charge is -2.14. The summed E-state index contributed by atoms with van der Waals surface area (Å²) in [5.74, 6) is -1.26. The molecule has 3 amide bonds. The second-order valence-electron chi connectivity index (χ2n) is 4.08. The van der Waals surface area contributed by atoms with Gasteiger partial charge < -0.3 is 20.5 Å². The van der Waals surface area contributed by atoms with Crippen molar-refractivity contribution in [3.05, 3.63) is 23.8 Å². The molecule has 0 saturated heterocycles. The predicted octanol–water partition coefficient (Wildman–Crippen LogP) is 0.278. The number of benzene rings is 1. The number of esters is 1. The lowest BCUT2D eigenvalue weighted by atomic mass is 10.2. The number of imide groups is 1. The van der Waals surface area contributed by atoms with Crippen molar-refractivity contribution >= 4 is 23.6 Å². The van der Waals surface area contributed by atoms with Crippen LogP contribution in [0.5, 0.6) is 5.75 Å². The number of ether oxygens (including phenoxy) is 2. The summed E-state index contributed by atoms with van der Waals surface area (Å²) in [4.78, 5) is 34.6. The highest BCUT2D eigenvalue weighted by atomic mass is 16.5. The molecule has 0 aliphatic heterocycles. The second kappa shape index (κ2) is 7.13. The third-order valence-electron chi connectivity index (χ3n) is 2.56. The molecule has 1 rings (SSSR count). The maximum atomic E-state index is 12.0. The summed E-state index contributed by atoms with van der Waals surface area (Å²) < 4.78 is 10.00. The number of amides is 3. The Bertz CT molecular complexity index is 559. The van der Waals surface area contributed by atoms with Crippen LogP contribution in [-0.4, -0.2) is 38.2 Å². The first-order valence-corrected chi connectivity index (χ1v) is 6.06. The van der Waals surface area contributed by atoms with Gasteiger partial charge in [-0.25, -0.2) is 9.59 Å². The van der Waals surface area contributed by atoms with E-state index in [1.807, 2.05) is 5.32 Å². The van der Waals surface area contributed by atoms with Crippen molar-refractivity contribution in [1.29, 1.82) is 0 Å². The van der Waals surface area contributed by atoms with E-state index in [2.05, 4.69) is 5.32 Å². The van der Waals surface area contributed by atoms with Crippen molar-refractivity contribution in [1.82, 2.24) is 10.6 Å². The van der Waals surface area contributed by atoms with Gasteiger partial charge in [0.1, 0.15) is 11.3 Å². The van der Waals surface area contributed by atoms with Crippen molar-refractivity contribution < 1.29 is 23.9 Å². The van der Waals surface area contributed by atoms with Gasteiger partial charge in [-0.2, -0.15) is 0 Å². The SMILES string of the molecule is CNC(=O)NC(=O)C(C)OC(=O)c1ccc(N)cc1OC. The Morgan fingerprint density at radius 3 is 2.52 bits per heavy atom. The molecule has 0 fully saturated rings. The van der Waals surface area contributed by atoms with Crippen LogP contribution < -0.4 is 21.1 Å².